The summed E-state index contributed by atoms with van der Waals surface area (Å²) in [6, 6.07) is 6.90. The van der Waals surface area contributed by atoms with Crippen molar-refractivity contribution >= 4 is 29.6 Å². The van der Waals surface area contributed by atoms with E-state index in [0.717, 1.165) is 4.90 Å². The number of amides is 1. The minimum absolute atomic E-state index is 0.121. The number of carbonyl (C=O) groups is 1. The number of alkyl halides is 6. The van der Waals surface area contributed by atoms with Crippen LogP contribution < -0.4 is 5.73 Å². The van der Waals surface area contributed by atoms with E-state index in [1.54, 1.807) is 31.3 Å². The Kier molecular flexibility index (Phi) is 8.41. The van der Waals surface area contributed by atoms with Crippen molar-refractivity contribution in [2.24, 2.45) is 10.7 Å². The molecule has 0 aliphatic carbocycles. The fraction of sp³-hybridized carbons (Fsp3) is 0.474. The lowest BCUT2D eigenvalue weighted by Crippen LogP contribution is -2.53. The first-order chi connectivity index (χ1) is 14.8. The number of nitrogens with two attached hydrogens (primary N) is 1. The van der Waals surface area contributed by atoms with E-state index in [1.165, 1.54) is 6.21 Å². The zero-order valence-corrected chi connectivity index (χ0v) is 17.6. The molecule has 0 saturated carbocycles. The van der Waals surface area contributed by atoms with Crippen LogP contribution in [0, 0.1) is 0 Å². The smallest absolute Gasteiger partial charge is 0.426 e. The van der Waals surface area contributed by atoms with Crippen molar-refractivity contribution in [1.29, 1.82) is 0 Å². The molecule has 1 aromatic carbocycles. The van der Waals surface area contributed by atoms with Crippen LogP contribution in [-0.4, -0.2) is 80.3 Å². The van der Waals surface area contributed by atoms with E-state index in [4.69, 9.17) is 17.3 Å². The van der Waals surface area contributed by atoms with E-state index in [1.807, 2.05) is 4.90 Å². The van der Waals surface area contributed by atoms with Gasteiger partial charge in [-0.05, 0) is 6.07 Å². The van der Waals surface area contributed by atoms with E-state index in [2.05, 4.69) is 9.73 Å². The van der Waals surface area contributed by atoms with Crippen LogP contribution in [0.25, 0.3) is 5.70 Å². The molecular weight excluding hydrogens is 466 g/mol. The minimum Gasteiger partial charge on any atom is -0.426 e. The van der Waals surface area contributed by atoms with Gasteiger partial charge in [-0.1, -0.05) is 29.8 Å². The number of piperazine rings is 1. The van der Waals surface area contributed by atoms with Gasteiger partial charge in [0.15, 0.2) is 0 Å². The Morgan fingerprint density at radius 1 is 1.16 bits per heavy atom. The van der Waals surface area contributed by atoms with Gasteiger partial charge in [0.1, 0.15) is 0 Å². The van der Waals surface area contributed by atoms with Gasteiger partial charge in [0.2, 0.25) is 0 Å². The Morgan fingerprint density at radius 3 is 2.22 bits per heavy atom. The molecule has 1 fully saturated rings. The van der Waals surface area contributed by atoms with Crippen LogP contribution in [0.1, 0.15) is 5.56 Å². The van der Waals surface area contributed by atoms with Crippen molar-refractivity contribution in [3.63, 3.8) is 0 Å². The second kappa shape index (κ2) is 10.4. The lowest BCUT2D eigenvalue weighted by atomic mass is 10.1. The second-order valence-electron chi connectivity index (χ2n) is 6.92. The molecule has 2 rings (SSSR count). The first-order valence-corrected chi connectivity index (χ1v) is 9.69. The van der Waals surface area contributed by atoms with Gasteiger partial charge in [0.25, 0.3) is 6.10 Å². The Bertz CT molecular complexity index is 850. The molecule has 1 heterocycles. The lowest BCUT2D eigenvalue weighted by Gasteiger charge is -2.35. The molecule has 1 aliphatic rings. The van der Waals surface area contributed by atoms with Crippen LogP contribution in [0.5, 0.6) is 0 Å². The standard InChI is InChI=1S/C19H21ClF6N4O2/c1-28-10-12(15(27)13-4-2-3-5-14(13)20)11-29-6-8-30(9-7-29)17(31)32-16(18(21,22)23)19(24,25)26/h2-5,10,16H,6-9,11,27H2,1H3. The summed E-state index contributed by atoms with van der Waals surface area (Å²) in [7, 11) is 1.55. The Morgan fingerprint density at radius 2 is 1.72 bits per heavy atom. The Hall–Kier alpha value is -2.47. The number of ether oxygens (including phenoxy) is 1. The molecule has 0 atom stereocenters. The molecule has 0 radical (unpaired) electrons. The highest BCUT2D eigenvalue weighted by atomic mass is 35.5. The van der Waals surface area contributed by atoms with Crippen LogP contribution in [0.2, 0.25) is 5.02 Å². The molecule has 1 aromatic rings. The molecule has 13 heteroatoms. The van der Waals surface area contributed by atoms with E-state index in [0.29, 0.717) is 21.9 Å². The van der Waals surface area contributed by atoms with Crippen molar-refractivity contribution in [1.82, 2.24) is 9.80 Å². The van der Waals surface area contributed by atoms with Crippen molar-refractivity contribution < 1.29 is 35.9 Å². The monoisotopic (exact) mass is 486 g/mol. The summed E-state index contributed by atoms with van der Waals surface area (Å²) in [5.74, 6) is 0. The SMILES string of the molecule is CN=CC(CN1CCN(C(=O)OC(C(F)(F)F)C(F)(F)F)CC1)=C(N)c1ccccc1Cl. The quantitative estimate of drug-likeness (QED) is 0.505. The second-order valence-corrected chi connectivity index (χ2v) is 7.32. The van der Waals surface area contributed by atoms with Crippen molar-refractivity contribution in [2.45, 2.75) is 18.5 Å². The largest absolute Gasteiger partial charge is 0.434 e. The maximum Gasteiger partial charge on any atom is 0.434 e. The first-order valence-electron chi connectivity index (χ1n) is 9.31. The lowest BCUT2D eigenvalue weighted by molar-refractivity contribution is -0.308. The third-order valence-corrected chi connectivity index (χ3v) is 4.96. The van der Waals surface area contributed by atoms with Gasteiger partial charge < -0.3 is 15.4 Å². The van der Waals surface area contributed by atoms with Gasteiger partial charge in [0, 0.05) is 67.8 Å². The third-order valence-electron chi connectivity index (χ3n) is 4.63. The summed E-state index contributed by atoms with van der Waals surface area (Å²) in [4.78, 5) is 18.5. The summed E-state index contributed by atoms with van der Waals surface area (Å²) in [5.41, 5.74) is 7.82. The van der Waals surface area contributed by atoms with Crippen LogP contribution in [0.3, 0.4) is 0 Å². The molecule has 1 amide bonds. The molecule has 2 N–H and O–H groups in total. The van der Waals surface area contributed by atoms with Crippen LogP contribution >= 0.6 is 11.6 Å². The molecule has 0 spiro atoms. The van der Waals surface area contributed by atoms with Gasteiger partial charge in [0.05, 0.1) is 0 Å². The molecule has 1 saturated heterocycles. The van der Waals surface area contributed by atoms with E-state index < -0.39 is 24.5 Å². The van der Waals surface area contributed by atoms with E-state index in [-0.39, 0.29) is 32.7 Å². The molecule has 0 unspecified atom stereocenters. The average Bonchev–Trinajstić information content (AvgIpc) is 2.70. The van der Waals surface area contributed by atoms with Crippen molar-refractivity contribution in [3.05, 3.63) is 40.4 Å². The molecule has 32 heavy (non-hydrogen) atoms. The summed E-state index contributed by atoms with van der Waals surface area (Å²) < 4.78 is 79.4. The zero-order chi connectivity index (χ0) is 24.1. The predicted molar refractivity (Wildman–Crippen MR) is 107 cm³/mol. The Balaban J connectivity index is 2.04. The van der Waals surface area contributed by atoms with Gasteiger partial charge in [-0.3, -0.25) is 9.89 Å². The number of rotatable bonds is 5. The van der Waals surface area contributed by atoms with E-state index in [9.17, 15) is 31.1 Å². The maximum absolute atomic E-state index is 12.6. The number of nitrogens with zero attached hydrogens (tertiary/aromatic N) is 3. The fourth-order valence-electron chi connectivity index (χ4n) is 3.03. The first kappa shape index (κ1) is 25.8. The topological polar surface area (TPSA) is 71.2 Å². The summed E-state index contributed by atoms with van der Waals surface area (Å²) in [5, 5.41) is 0.434. The van der Waals surface area contributed by atoms with E-state index >= 15 is 0 Å². The molecule has 178 valence electrons. The molecular formula is C19H21ClF6N4O2. The van der Waals surface area contributed by atoms with Gasteiger partial charge in [-0.25, -0.2) is 4.79 Å². The number of hydrogen-bond acceptors (Lipinski definition) is 5. The number of aliphatic imine (C=N–C) groups is 1. The average molecular weight is 487 g/mol. The van der Waals surface area contributed by atoms with Crippen LogP contribution in [0.15, 0.2) is 34.8 Å². The third kappa shape index (κ3) is 6.76. The minimum atomic E-state index is -5.76. The van der Waals surface area contributed by atoms with Gasteiger partial charge in [-0.2, -0.15) is 26.3 Å². The predicted octanol–water partition coefficient (Wildman–Crippen LogP) is 3.96. The van der Waals surface area contributed by atoms with Gasteiger partial charge in [-0.15, -0.1) is 0 Å². The fourth-order valence-corrected chi connectivity index (χ4v) is 3.27. The highest BCUT2D eigenvalue weighted by Gasteiger charge is 2.60. The molecule has 0 bridgehead atoms. The number of hydrogen-bond donors (Lipinski definition) is 1. The van der Waals surface area contributed by atoms with Crippen LogP contribution in [-0.2, 0) is 4.74 Å². The summed E-state index contributed by atoms with van der Waals surface area (Å²) in [6.45, 7) is 0.391. The number of halogens is 7. The maximum atomic E-state index is 12.6. The molecule has 6 nitrogen and oxygen atoms in total. The van der Waals surface area contributed by atoms with Gasteiger partial charge >= 0.3 is 18.4 Å². The number of benzene rings is 1. The molecule has 1 aliphatic heterocycles. The summed E-state index contributed by atoms with van der Waals surface area (Å²) >= 11 is 6.18. The van der Waals surface area contributed by atoms with Crippen molar-refractivity contribution in [2.75, 3.05) is 39.8 Å². The highest BCUT2D eigenvalue weighted by molar-refractivity contribution is 6.32. The normalized spacial score (nSPS) is 17.1. The highest BCUT2D eigenvalue weighted by Crippen LogP contribution is 2.36. The zero-order valence-electron chi connectivity index (χ0n) is 16.9. The van der Waals surface area contributed by atoms with Crippen LogP contribution in [0.4, 0.5) is 31.1 Å². The summed E-state index contributed by atoms with van der Waals surface area (Å²) in [6.07, 6.45) is -15.8. The Labute approximate surface area is 185 Å². The van der Waals surface area contributed by atoms with Crippen molar-refractivity contribution in [3.8, 4) is 0 Å². The number of carbonyl (C=O) groups excluding carboxylic acids is 1. The molecule has 0 aromatic heterocycles.